The Labute approximate surface area is 163 Å². The molecule has 0 aliphatic rings. The highest BCUT2D eigenvalue weighted by molar-refractivity contribution is 7.82. The minimum absolute atomic E-state index is 0.0494. The molecule has 0 aromatic heterocycles. The number of hydrogen-bond donors (Lipinski definition) is 4. The molecule has 0 radical (unpaired) electrons. The number of phenolic OH excluding ortho intramolecular Hbond substituents is 1. The lowest BCUT2D eigenvalue weighted by atomic mass is 10.1. The number of benzene rings is 2. The standard InChI is InChI=1S/C17H16ClF3N2O3S/c1-9(24)13-6-12(18)7-14(15(13)25)23(27)16(26)22-8-10-2-4-11(5-3-10)17(19,20)21/h2-7,9,24-25,27H,8H2,1H3,(H,22,26). The first-order valence-electron chi connectivity index (χ1n) is 7.64. The number of rotatable bonds is 4. The average Bonchev–Trinajstić information content (AvgIpc) is 2.60. The van der Waals surface area contributed by atoms with E-state index in [9.17, 15) is 28.2 Å². The maximum atomic E-state index is 12.5. The van der Waals surface area contributed by atoms with Crippen molar-refractivity contribution in [2.75, 3.05) is 4.31 Å². The van der Waals surface area contributed by atoms with Crippen molar-refractivity contribution in [1.29, 1.82) is 0 Å². The van der Waals surface area contributed by atoms with E-state index in [0.29, 0.717) is 5.56 Å². The summed E-state index contributed by atoms with van der Waals surface area (Å²) in [6.07, 6.45) is -5.46. The van der Waals surface area contributed by atoms with Crippen LogP contribution in [-0.4, -0.2) is 16.2 Å². The van der Waals surface area contributed by atoms with Crippen LogP contribution in [0.5, 0.6) is 5.75 Å². The van der Waals surface area contributed by atoms with Gasteiger partial charge in [-0.1, -0.05) is 36.5 Å². The molecule has 0 heterocycles. The molecule has 27 heavy (non-hydrogen) atoms. The molecule has 2 aromatic rings. The molecule has 0 aliphatic carbocycles. The van der Waals surface area contributed by atoms with Crippen molar-refractivity contribution in [3.05, 3.63) is 58.1 Å². The van der Waals surface area contributed by atoms with Crippen LogP contribution in [-0.2, 0) is 12.7 Å². The molecule has 0 aliphatic heterocycles. The van der Waals surface area contributed by atoms with Gasteiger partial charge in [-0.15, -0.1) is 0 Å². The van der Waals surface area contributed by atoms with Gasteiger partial charge in [-0.05, 0) is 36.8 Å². The molecule has 0 spiro atoms. The number of aliphatic hydroxyl groups is 1. The Morgan fingerprint density at radius 2 is 1.89 bits per heavy atom. The summed E-state index contributed by atoms with van der Waals surface area (Å²) in [6, 6.07) is 6.21. The van der Waals surface area contributed by atoms with Gasteiger partial charge in [-0.3, -0.25) is 0 Å². The molecule has 2 amide bonds. The summed E-state index contributed by atoms with van der Waals surface area (Å²) in [5.41, 5.74) is -0.278. The monoisotopic (exact) mass is 420 g/mol. The van der Waals surface area contributed by atoms with E-state index < -0.39 is 23.9 Å². The largest absolute Gasteiger partial charge is 0.505 e. The first-order chi connectivity index (χ1) is 12.5. The summed E-state index contributed by atoms with van der Waals surface area (Å²) >= 11 is 9.95. The molecule has 0 saturated heterocycles. The van der Waals surface area contributed by atoms with E-state index in [4.69, 9.17) is 11.6 Å². The molecule has 0 saturated carbocycles. The highest BCUT2D eigenvalue weighted by Gasteiger charge is 2.30. The Morgan fingerprint density at radius 3 is 2.41 bits per heavy atom. The number of aromatic hydroxyl groups is 1. The molecular formula is C17H16ClF3N2O3S. The van der Waals surface area contributed by atoms with Crippen LogP contribution in [0, 0.1) is 0 Å². The molecule has 5 nitrogen and oxygen atoms in total. The van der Waals surface area contributed by atoms with Gasteiger partial charge < -0.3 is 15.5 Å². The molecule has 3 N–H and O–H groups in total. The van der Waals surface area contributed by atoms with E-state index in [1.54, 1.807) is 0 Å². The number of alkyl halides is 3. The van der Waals surface area contributed by atoms with Crippen molar-refractivity contribution < 1.29 is 28.2 Å². The third-order valence-corrected chi connectivity index (χ3v) is 4.30. The second-order valence-corrected chi connectivity index (χ2v) is 6.54. The van der Waals surface area contributed by atoms with E-state index in [0.717, 1.165) is 16.4 Å². The highest BCUT2D eigenvalue weighted by Crippen LogP contribution is 2.38. The van der Waals surface area contributed by atoms with Gasteiger partial charge in [0.25, 0.3) is 0 Å². The van der Waals surface area contributed by atoms with Gasteiger partial charge in [0.2, 0.25) is 0 Å². The summed E-state index contributed by atoms with van der Waals surface area (Å²) < 4.78 is 38.4. The topological polar surface area (TPSA) is 72.8 Å². The Morgan fingerprint density at radius 1 is 1.30 bits per heavy atom. The van der Waals surface area contributed by atoms with E-state index in [-0.39, 0.29) is 28.6 Å². The quantitative estimate of drug-likeness (QED) is 0.543. The fourth-order valence-electron chi connectivity index (χ4n) is 2.26. The molecule has 0 fully saturated rings. The van der Waals surface area contributed by atoms with Gasteiger partial charge in [0.05, 0.1) is 11.7 Å². The zero-order valence-corrected chi connectivity index (χ0v) is 15.6. The van der Waals surface area contributed by atoms with E-state index in [1.165, 1.54) is 31.2 Å². The highest BCUT2D eigenvalue weighted by atomic mass is 35.5. The summed E-state index contributed by atoms with van der Waals surface area (Å²) in [4.78, 5) is 12.2. The van der Waals surface area contributed by atoms with Crippen LogP contribution in [0.15, 0.2) is 36.4 Å². The number of thiol groups is 1. The summed E-state index contributed by atoms with van der Waals surface area (Å²) in [5.74, 6) is -0.367. The number of aliphatic hydroxyl groups excluding tert-OH is 1. The maximum Gasteiger partial charge on any atom is 0.416 e. The number of carbonyl (C=O) groups excluding carboxylic acids is 1. The number of anilines is 1. The van der Waals surface area contributed by atoms with Crippen LogP contribution in [0.2, 0.25) is 5.02 Å². The van der Waals surface area contributed by atoms with Crippen LogP contribution >= 0.6 is 24.4 Å². The average molecular weight is 421 g/mol. The summed E-state index contributed by atoms with van der Waals surface area (Å²) in [5, 5.41) is 22.5. The second-order valence-electron chi connectivity index (χ2n) is 5.70. The van der Waals surface area contributed by atoms with Crippen LogP contribution in [0.3, 0.4) is 0 Å². The summed E-state index contributed by atoms with van der Waals surface area (Å²) in [7, 11) is 0. The van der Waals surface area contributed by atoms with Crippen LogP contribution in [0.4, 0.5) is 23.7 Å². The molecule has 146 valence electrons. The fourth-order valence-corrected chi connectivity index (χ4v) is 2.70. The fraction of sp³-hybridized carbons (Fsp3) is 0.235. The van der Waals surface area contributed by atoms with Gasteiger partial charge in [0.15, 0.2) is 0 Å². The lowest BCUT2D eigenvalue weighted by Crippen LogP contribution is -2.33. The van der Waals surface area contributed by atoms with Gasteiger partial charge in [0.1, 0.15) is 11.4 Å². The van der Waals surface area contributed by atoms with Crippen molar-refractivity contribution in [2.45, 2.75) is 25.7 Å². The van der Waals surface area contributed by atoms with Crippen molar-refractivity contribution >= 4 is 36.1 Å². The third kappa shape index (κ3) is 5.21. The number of nitrogens with one attached hydrogen (secondary N) is 1. The Balaban J connectivity index is 2.10. The lowest BCUT2D eigenvalue weighted by molar-refractivity contribution is -0.137. The van der Waals surface area contributed by atoms with Gasteiger partial charge in [-0.25, -0.2) is 9.10 Å². The second kappa shape index (κ2) is 8.28. The zero-order valence-electron chi connectivity index (χ0n) is 14.0. The third-order valence-electron chi connectivity index (χ3n) is 3.68. The number of phenols is 1. The summed E-state index contributed by atoms with van der Waals surface area (Å²) in [6.45, 7) is 1.36. The molecular weight excluding hydrogens is 405 g/mol. The van der Waals surface area contributed by atoms with Crippen LogP contribution < -0.4 is 9.62 Å². The number of carbonyl (C=O) groups is 1. The van der Waals surface area contributed by atoms with E-state index in [1.807, 2.05) is 0 Å². The maximum absolute atomic E-state index is 12.5. The molecule has 1 unspecified atom stereocenters. The van der Waals surface area contributed by atoms with Gasteiger partial charge in [-0.2, -0.15) is 13.2 Å². The normalized spacial score (nSPS) is 12.6. The first-order valence-corrected chi connectivity index (χ1v) is 8.42. The van der Waals surface area contributed by atoms with Crippen LogP contribution in [0.25, 0.3) is 0 Å². The first kappa shape index (κ1) is 21.2. The van der Waals surface area contributed by atoms with Gasteiger partial charge in [0, 0.05) is 17.1 Å². The Bertz CT molecular complexity index is 829. The number of halogens is 4. The molecule has 2 aromatic carbocycles. The lowest BCUT2D eigenvalue weighted by Gasteiger charge is -2.20. The Hall–Kier alpha value is -2.10. The number of hydrogen-bond acceptors (Lipinski definition) is 4. The number of urea groups is 1. The SMILES string of the molecule is CC(O)c1cc(Cl)cc(N(S)C(=O)NCc2ccc(C(F)(F)F)cc2)c1O. The number of nitrogens with zero attached hydrogens (tertiary/aromatic N) is 1. The minimum Gasteiger partial charge on any atom is -0.505 e. The molecule has 10 heteroatoms. The van der Waals surface area contributed by atoms with Crippen molar-refractivity contribution in [1.82, 2.24) is 5.32 Å². The van der Waals surface area contributed by atoms with E-state index in [2.05, 4.69) is 18.1 Å². The zero-order chi connectivity index (χ0) is 20.4. The van der Waals surface area contributed by atoms with Crippen molar-refractivity contribution in [3.63, 3.8) is 0 Å². The van der Waals surface area contributed by atoms with E-state index >= 15 is 0 Å². The molecule has 0 bridgehead atoms. The smallest absolute Gasteiger partial charge is 0.416 e. The molecule has 2 rings (SSSR count). The van der Waals surface area contributed by atoms with Crippen LogP contribution in [0.1, 0.15) is 29.7 Å². The van der Waals surface area contributed by atoms with Crippen molar-refractivity contribution in [2.24, 2.45) is 0 Å². The Kier molecular flexibility index (Phi) is 6.50. The van der Waals surface area contributed by atoms with Crippen molar-refractivity contribution in [3.8, 4) is 5.75 Å². The number of amides is 2. The van der Waals surface area contributed by atoms with Gasteiger partial charge >= 0.3 is 12.2 Å². The minimum atomic E-state index is -4.44. The molecule has 1 atom stereocenters. The predicted molar refractivity (Wildman–Crippen MR) is 98.9 cm³/mol. The predicted octanol–water partition coefficient (Wildman–Crippen LogP) is 4.68.